The number of nitrogens with one attached hydrogen (secondary N) is 2. The van der Waals surface area contributed by atoms with Crippen LogP contribution in [0.4, 0.5) is 0 Å². The van der Waals surface area contributed by atoms with Crippen LogP contribution in [-0.2, 0) is 11.2 Å². The van der Waals surface area contributed by atoms with Crippen LogP contribution in [0.1, 0.15) is 35.6 Å². The Kier molecular flexibility index (Phi) is 5.31. The highest BCUT2D eigenvalue weighted by atomic mass is 16.2. The topological polar surface area (TPSA) is 94.7 Å². The van der Waals surface area contributed by atoms with Gasteiger partial charge in [0.05, 0.1) is 6.42 Å². The van der Waals surface area contributed by atoms with E-state index in [1.165, 1.54) is 10.9 Å². The average molecular weight is 428 g/mol. The number of amides is 1. The van der Waals surface area contributed by atoms with E-state index in [1.54, 1.807) is 25.4 Å². The van der Waals surface area contributed by atoms with E-state index in [2.05, 4.69) is 44.3 Å². The highest BCUT2D eigenvalue weighted by molar-refractivity contribution is 5.84. The lowest BCUT2D eigenvalue weighted by Gasteiger charge is -2.32. The lowest BCUT2D eigenvalue weighted by molar-refractivity contribution is -0.131. The van der Waals surface area contributed by atoms with Gasteiger partial charge in [0.1, 0.15) is 5.82 Å². The van der Waals surface area contributed by atoms with Gasteiger partial charge in [0.25, 0.3) is 5.56 Å². The molecule has 0 saturated carbocycles. The molecule has 1 aliphatic heterocycles. The number of fused-ring (bicyclic) bond motifs is 1. The minimum atomic E-state index is -0.265. The first-order chi connectivity index (χ1) is 15.6. The Morgan fingerprint density at radius 2 is 1.97 bits per heavy atom. The summed E-state index contributed by atoms with van der Waals surface area (Å²) < 4.78 is 0. The first-order valence-corrected chi connectivity index (χ1v) is 10.9. The summed E-state index contributed by atoms with van der Waals surface area (Å²) in [6.45, 7) is 3.17. The number of hydrogen-bond acceptors (Lipinski definition) is 4. The number of para-hydroxylation sites is 1. The van der Waals surface area contributed by atoms with Crippen LogP contribution in [0.25, 0.3) is 22.3 Å². The van der Waals surface area contributed by atoms with Gasteiger partial charge in [-0.05, 0) is 49.4 Å². The largest absolute Gasteiger partial charge is 0.361 e. The Balaban J connectivity index is 1.27. The minimum Gasteiger partial charge on any atom is -0.361 e. The van der Waals surface area contributed by atoms with Gasteiger partial charge in [0.15, 0.2) is 0 Å². The second-order valence-electron chi connectivity index (χ2n) is 8.34. The molecule has 3 aromatic heterocycles. The van der Waals surface area contributed by atoms with E-state index in [4.69, 9.17) is 0 Å². The third-order valence-electron chi connectivity index (χ3n) is 6.39. The highest BCUT2D eigenvalue weighted by Crippen LogP contribution is 2.33. The van der Waals surface area contributed by atoms with Crippen molar-refractivity contribution in [2.75, 3.05) is 13.1 Å². The normalized spacial score (nSPS) is 14.7. The standard InChI is InChI=1S/C25H25N5O2/c1-16-20(25(32)29-24(28-16)18-5-4-10-26-14-18)13-23(31)30-11-8-17(9-12-30)21-15-27-22-7-3-2-6-19(21)22/h2-7,10,14-15,17,27H,8-9,11-13H2,1H3,(H,28,29,32). The van der Waals surface area contributed by atoms with Crippen molar-refractivity contribution < 1.29 is 4.79 Å². The van der Waals surface area contributed by atoms with Gasteiger partial charge in [-0.1, -0.05) is 18.2 Å². The predicted octanol–water partition coefficient (Wildman–Crippen LogP) is 3.57. The fourth-order valence-electron chi connectivity index (χ4n) is 4.59. The van der Waals surface area contributed by atoms with Gasteiger partial charge >= 0.3 is 0 Å². The molecule has 5 rings (SSSR count). The van der Waals surface area contributed by atoms with E-state index >= 15 is 0 Å². The number of nitrogens with zero attached hydrogens (tertiary/aromatic N) is 3. The highest BCUT2D eigenvalue weighted by Gasteiger charge is 2.26. The Hall–Kier alpha value is -3.74. The van der Waals surface area contributed by atoms with Crippen molar-refractivity contribution in [2.24, 2.45) is 0 Å². The van der Waals surface area contributed by atoms with Crippen molar-refractivity contribution in [1.29, 1.82) is 0 Å². The van der Waals surface area contributed by atoms with Gasteiger partial charge in [-0.25, -0.2) is 4.98 Å². The van der Waals surface area contributed by atoms with Gasteiger partial charge in [0.2, 0.25) is 5.91 Å². The van der Waals surface area contributed by atoms with Crippen molar-refractivity contribution in [1.82, 2.24) is 24.8 Å². The summed E-state index contributed by atoms with van der Waals surface area (Å²) in [5, 5.41) is 1.26. The average Bonchev–Trinajstić information content (AvgIpc) is 3.26. The molecule has 0 radical (unpaired) electrons. The Morgan fingerprint density at radius 3 is 2.72 bits per heavy atom. The van der Waals surface area contributed by atoms with E-state index < -0.39 is 0 Å². The molecule has 4 aromatic rings. The van der Waals surface area contributed by atoms with Crippen LogP contribution < -0.4 is 5.56 Å². The molecule has 0 unspecified atom stereocenters. The molecule has 0 spiro atoms. The number of aromatic nitrogens is 4. The molecular formula is C25H25N5O2. The Morgan fingerprint density at radius 1 is 1.16 bits per heavy atom. The molecule has 2 N–H and O–H groups in total. The second kappa shape index (κ2) is 8.42. The molecule has 0 aliphatic carbocycles. The first-order valence-electron chi connectivity index (χ1n) is 10.9. The zero-order valence-electron chi connectivity index (χ0n) is 18.0. The van der Waals surface area contributed by atoms with E-state index in [9.17, 15) is 9.59 Å². The summed E-state index contributed by atoms with van der Waals surface area (Å²) in [5.41, 5.74) is 3.97. The summed E-state index contributed by atoms with van der Waals surface area (Å²) in [6, 6.07) is 12.0. The van der Waals surface area contributed by atoms with Gasteiger partial charge in [-0.2, -0.15) is 0 Å². The number of piperidine rings is 1. The van der Waals surface area contributed by atoms with Crippen LogP contribution in [0, 0.1) is 6.92 Å². The molecule has 7 heteroatoms. The molecule has 1 saturated heterocycles. The molecule has 0 bridgehead atoms. The van der Waals surface area contributed by atoms with Crippen LogP contribution in [-0.4, -0.2) is 43.8 Å². The maximum atomic E-state index is 13.0. The third-order valence-corrected chi connectivity index (χ3v) is 6.39. The number of benzene rings is 1. The summed E-state index contributed by atoms with van der Waals surface area (Å²) in [4.78, 5) is 42.3. The van der Waals surface area contributed by atoms with Crippen molar-refractivity contribution in [3.8, 4) is 11.4 Å². The molecule has 1 fully saturated rings. The van der Waals surface area contributed by atoms with Crippen LogP contribution in [0.5, 0.6) is 0 Å². The number of hydrogen-bond donors (Lipinski definition) is 2. The predicted molar refractivity (Wildman–Crippen MR) is 123 cm³/mol. The molecule has 1 amide bonds. The van der Waals surface area contributed by atoms with Crippen LogP contribution in [0.15, 0.2) is 59.8 Å². The number of carbonyl (C=O) groups excluding carboxylic acids is 1. The minimum absolute atomic E-state index is 0.0214. The van der Waals surface area contributed by atoms with E-state index in [-0.39, 0.29) is 17.9 Å². The number of aromatic amines is 2. The summed E-state index contributed by atoms with van der Waals surface area (Å²) >= 11 is 0. The van der Waals surface area contributed by atoms with Crippen LogP contribution in [0.2, 0.25) is 0 Å². The number of likely N-dealkylation sites (tertiary alicyclic amines) is 1. The fraction of sp³-hybridized carbons (Fsp3) is 0.280. The summed E-state index contributed by atoms with van der Waals surface area (Å²) in [6.07, 6.45) is 7.33. The van der Waals surface area contributed by atoms with Crippen LogP contribution in [0.3, 0.4) is 0 Å². The van der Waals surface area contributed by atoms with E-state index in [0.717, 1.165) is 23.9 Å². The molecule has 162 valence electrons. The molecule has 1 aromatic carbocycles. The van der Waals surface area contributed by atoms with Crippen molar-refractivity contribution >= 4 is 16.8 Å². The number of pyridine rings is 1. The zero-order chi connectivity index (χ0) is 22.1. The third kappa shape index (κ3) is 3.82. The van der Waals surface area contributed by atoms with Gasteiger partial charge in [-0.15, -0.1) is 0 Å². The smallest absolute Gasteiger partial charge is 0.255 e. The quantitative estimate of drug-likeness (QED) is 0.521. The monoisotopic (exact) mass is 427 g/mol. The second-order valence-corrected chi connectivity index (χ2v) is 8.34. The molecule has 7 nitrogen and oxygen atoms in total. The van der Waals surface area contributed by atoms with Gasteiger partial charge in [-0.3, -0.25) is 14.6 Å². The lowest BCUT2D eigenvalue weighted by Crippen LogP contribution is -2.39. The first kappa shape index (κ1) is 20.2. The lowest BCUT2D eigenvalue weighted by atomic mass is 9.89. The molecule has 4 heterocycles. The molecule has 1 aliphatic rings. The van der Waals surface area contributed by atoms with E-state index in [0.29, 0.717) is 36.1 Å². The van der Waals surface area contributed by atoms with Crippen molar-refractivity contribution in [2.45, 2.75) is 32.1 Å². The Bertz CT molecular complexity index is 1320. The van der Waals surface area contributed by atoms with E-state index in [1.807, 2.05) is 17.0 Å². The number of aryl methyl sites for hydroxylation is 1. The SMILES string of the molecule is Cc1nc(-c2cccnc2)[nH]c(=O)c1CC(=O)N1CCC(c2c[nH]c3ccccc23)CC1. The molecule has 0 atom stereocenters. The van der Waals surface area contributed by atoms with Gasteiger partial charge < -0.3 is 14.9 Å². The molecular weight excluding hydrogens is 402 g/mol. The fourth-order valence-corrected chi connectivity index (χ4v) is 4.59. The number of H-pyrrole nitrogens is 2. The number of rotatable bonds is 4. The number of carbonyl (C=O) groups is 1. The zero-order valence-corrected chi connectivity index (χ0v) is 18.0. The van der Waals surface area contributed by atoms with Crippen LogP contribution >= 0.6 is 0 Å². The van der Waals surface area contributed by atoms with Crippen molar-refractivity contribution in [3.05, 3.63) is 82.2 Å². The maximum absolute atomic E-state index is 13.0. The summed E-state index contributed by atoms with van der Waals surface area (Å²) in [7, 11) is 0. The summed E-state index contributed by atoms with van der Waals surface area (Å²) in [5.74, 6) is 0.879. The molecule has 32 heavy (non-hydrogen) atoms. The maximum Gasteiger partial charge on any atom is 0.255 e. The Labute approximate surface area is 185 Å². The van der Waals surface area contributed by atoms with Crippen molar-refractivity contribution in [3.63, 3.8) is 0 Å². The van der Waals surface area contributed by atoms with Gasteiger partial charge in [0, 0.05) is 59.4 Å².